The molecule has 1 atom stereocenters. The Morgan fingerprint density at radius 2 is 1.64 bits per heavy atom. The van der Waals surface area contributed by atoms with Crippen molar-refractivity contribution in [2.75, 3.05) is 5.32 Å². The number of hydrogen-bond donors (Lipinski definition) is 2. The minimum absolute atomic E-state index is 0.149. The molecule has 1 aromatic heterocycles. The first-order valence-corrected chi connectivity index (χ1v) is 9.11. The molecule has 2 aromatic carbocycles. The van der Waals surface area contributed by atoms with Crippen LogP contribution in [-0.4, -0.2) is 27.1 Å². The second-order valence-corrected chi connectivity index (χ2v) is 7.57. The third-order valence-electron chi connectivity index (χ3n) is 4.06. The largest absolute Gasteiger partial charge is 0.347 e. The van der Waals surface area contributed by atoms with Crippen molar-refractivity contribution in [3.05, 3.63) is 84.2 Å². The molecule has 0 saturated heterocycles. The summed E-state index contributed by atoms with van der Waals surface area (Å²) < 4.78 is 1.62. The fraction of sp³-hybridized carbons (Fsp3) is 0.227. The normalized spacial score (nSPS) is 12.2. The van der Waals surface area contributed by atoms with E-state index < -0.39 is 6.04 Å². The first-order chi connectivity index (χ1) is 13.3. The summed E-state index contributed by atoms with van der Waals surface area (Å²) in [5.74, 6) is -0.356. The van der Waals surface area contributed by atoms with Crippen LogP contribution in [0.1, 0.15) is 42.7 Å². The zero-order valence-corrected chi connectivity index (χ0v) is 16.2. The van der Waals surface area contributed by atoms with Gasteiger partial charge >= 0.3 is 0 Å². The number of anilines is 1. The Hall–Kier alpha value is -3.41. The van der Waals surface area contributed by atoms with Crippen molar-refractivity contribution in [1.82, 2.24) is 15.1 Å². The Kier molecular flexibility index (Phi) is 5.59. The molecular weight excluding hydrogens is 352 g/mol. The van der Waals surface area contributed by atoms with E-state index in [0.29, 0.717) is 11.3 Å². The second kappa shape index (κ2) is 8.08. The maximum atomic E-state index is 13.0. The fourth-order valence-corrected chi connectivity index (χ4v) is 2.82. The third-order valence-corrected chi connectivity index (χ3v) is 4.06. The van der Waals surface area contributed by atoms with Crippen LogP contribution < -0.4 is 10.6 Å². The third kappa shape index (κ3) is 4.85. The molecule has 28 heavy (non-hydrogen) atoms. The van der Waals surface area contributed by atoms with Crippen LogP contribution in [0.25, 0.3) is 0 Å². The van der Waals surface area contributed by atoms with E-state index in [1.165, 1.54) is 0 Å². The van der Waals surface area contributed by atoms with E-state index in [-0.39, 0.29) is 17.4 Å². The first-order valence-electron chi connectivity index (χ1n) is 9.11. The number of rotatable bonds is 5. The lowest BCUT2D eigenvalue weighted by Crippen LogP contribution is -2.40. The summed E-state index contributed by atoms with van der Waals surface area (Å²) in [4.78, 5) is 25.2. The Balaban J connectivity index is 1.76. The van der Waals surface area contributed by atoms with E-state index in [2.05, 4.69) is 15.7 Å². The Bertz CT molecular complexity index is 927. The van der Waals surface area contributed by atoms with Crippen LogP contribution in [0.5, 0.6) is 0 Å². The molecule has 6 heteroatoms. The summed E-state index contributed by atoms with van der Waals surface area (Å²) in [6, 6.07) is 17.5. The minimum atomic E-state index is -0.583. The van der Waals surface area contributed by atoms with E-state index in [0.717, 1.165) is 5.56 Å². The number of carbonyl (C=O) groups is 2. The smallest absolute Gasteiger partial charge is 0.253 e. The van der Waals surface area contributed by atoms with E-state index in [4.69, 9.17) is 0 Å². The first kappa shape index (κ1) is 19.4. The highest BCUT2D eigenvalue weighted by molar-refractivity contribution is 5.97. The van der Waals surface area contributed by atoms with Gasteiger partial charge in [-0.1, -0.05) is 30.3 Å². The predicted octanol–water partition coefficient (Wildman–Crippen LogP) is 3.64. The van der Waals surface area contributed by atoms with Gasteiger partial charge in [0.15, 0.2) is 6.04 Å². The van der Waals surface area contributed by atoms with Gasteiger partial charge in [0.05, 0.1) is 0 Å². The quantitative estimate of drug-likeness (QED) is 0.714. The molecule has 3 rings (SSSR count). The second-order valence-electron chi connectivity index (χ2n) is 7.57. The number of carbonyl (C=O) groups excluding carboxylic acids is 2. The van der Waals surface area contributed by atoms with Crippen molar-refractivity contribution in [1.29, 1.82) is 0 Å². The van der Waals surface area contributed by atoms with E-state index in [9.17, 15) is 9.59 Å². The number of nitrogens with zero attached hydrogens (tertiary/aromatic N) is 2. The highest BCUT2D eigenvalue weighted by Crippen LogP contribution is 2.20. The molecule has 0 spiro atoms. The molecule has 144 valence electrons. The van der Waals surface area contributed by atoms with E-state index >= 15 is 0 Å². The summed E-state index contributed by atoms with van der Waals surface area (Å²) in [5, 5.41) is 10.1. The van der Waals surface area contributed by atoms with Crippen LogP contribution in [0, 0.1) is 0 Å². The molecule has 2 N–H and O–H groups in total. The van der Waals surface area contributed by atoms with Crippen LogP contribution in [0.3, 0.4) is 0 Å². The summed E-state index contributed by atoms with van der Waals surface area (Å²) in [5.41, 5.74) is 1.69. The molecule has 1 heterocycles. The molecule has 0 aliphatic rings. The molecule has 0 saturated carbocycles. The average Bonchev–Trinajstić information content (AvgIpc) is 3.16. The van der Waals surface area contributed by atoms with Gasteiger partial charge in [0, 0.05) is 29.2 Å². The van der Waals surface area contributed by atoms with Crippen molar-refractivity contribution in [2.24, 2.45) is 0 Å². The van der Waals surface area contributed by atoms with Crippen molar-refractivity contribution in [3.8, 4) is 0 Å². The Morgan fingerprint density at radius 1 is 0.964 bits per heavy atom. The molecule has 0 aliphatic heterocycles. The standard InChI is InChI=1S/C22H24N4O2/c1-22(2,3)25-20(27)17-10-12-18(13-11-17)24-21(28)19(26-15-7-14-23-26)16-8-5-4-6-9-16/h4-15,19H,1-3H3,(H,24,28)(H,25,27). The van der Waals surface area contributed by atoms with Gasteiger partial charge < -0.3 is 10.6 Å². The zero-order chi connectivity index (χ0) is 20.1. The minimum Gasteiger partial charge on any atom is -0.347 e. The molecule has 2 amide bonds. The SMILES string of the molecule is CC(C)(C)NC(=O)c1ccc(NC(=O)C(c2ccccc2)n2cccn2)cc1. The molecule has 0 bridgehead atoms. The molecule has 1 unspecified atom stereocenters. The topological polar surface area (TPSA) is 76.0 Å². The van der Waals surface area contributed by atoms with E-state index in [1.807, 2.05) is 51.1 Å². The number of nitrogens with one attached hydrogen (secondary N) is 2. The van der Waals surface area contributed by atoms with Crippen LogP contribution in [0.15, 0.2) is 73.1 Å². The monoisotopic (exact) mass is 376 g/mol. The van der Waals surface area contributed by atoms with Gasteiger partial charge in [-0.2, -0.15) is 5.10 Å². The summed E-state index contributed by atoms with van der Waals surface area (Å²) in [6.45, 7) is 5.79. The Morgan fingerprint density at radius 3 is 2.21 bits per heavy atom. The van der Waals surface area contributed by atoms with Gasteiger partial charge in [-0.15, -0.1) is 0 Å². The lowest BCUT2D eigenvalue weighted by Gasteiger charge is -2.20. The summed E-state index contributed by atoms with van der Waals surface area (Å²) in [7, 11) is 0. The maximum absolute atomic E-state index is 13.0. The number of benzene rings is 2. The van der Waals surface area contributed by atoms with Crippen molar-refractivity contribution in [2.45, 2.75) is 32.4 Å². The van der Waals surface area contributed by atoms with Crippen LogP contribution >= 0.6 is 0 Å². The lowest BCUT2D eigenvalue weighted by molar-refractivity contribution is -0.118. The van der Waals surface area contributed by atoms with Gasteiger partial charge in [-0.05, 0) is 56.7 Å². The Labute approximate surface area is 164 Å². The van der Waals surface area contributed by atoms with Crippen molar-refractivity contribution >= 4 is 17.5 Å². The van der Waals surface area contributed by atoms with E-state index in [1.54, 1.807) is 47.4 Å². The van der Waals surface area contributed by atoms with Gasteiger partial charge in [-0.25, -0.2) is 0 Å². The van der Waals surface area contributed by atoms with Crippen LogP contribution in [-0.2, 0) is 4.79 Å². The number of amides is 2. The van der Waals surface area contributed by atoms with Crippen LogP contribution in [0.2, 0.25) is 0 Å². The fourth-order valence-electron chi connectivity index (χ4n) is 2.82. The number of hydrogen-bond acceptors (Lipinski definition) is 3. The van der Waals surface area contributed by atoms with Crippen molar-refractivity contribution in [3.63, 3.8) is 0 Å². The van der Waals surface area contributed by atoms with Crippen LogP contribution in [0.4, 0.5) is 5.69 Å². The molecular formula is C22H24N4O2. The average molecular weight is 376 g/mol. The lowest BCUT2D eigenvalue weighted by atomic mass is 10.1. The molecule has 6 nitrogen and oxygen atoms in total. The maximum Gasteiger partial charge on any atom is 0.253 e. The molecule has 0 aliphatic carbocycles. The summed E-state index contributed by atoms with van der Waals surface area (Å²) >= 11 is 0. The van der Waals surface area contributed by atoms with Gasteiger partial charge in [0.25, 0.3) is 11.8 Å². The van der Waals surface area contributed by atoms with Gasteiger partial charge in [0.1, 0.15) is 0 Å². The summed E-state index contributed by atoms with van der Waals surface area (Å²) in [6.07, 6.45) is 3.41. The predicted molar refractivity (Wildman–Crippen MR) is 109 cm³/mol. The molecule has 3 aromatic rings. The highest BCUT2D eigenvalue weighted by Gasteiger charge is 2.23. The zero-order valence-electron chi connectivity index (χ0n) is 16.2. The highest BCUT2D eigenvalue weighted by atomic mass is 16.2. The molecule has 0 fully saturated rings. The van der Waals surface area contributed by atoms with Crippen molar-refractivity contribution < 1.29 is 9.59 Å². The van der Waals surface area contributed by atoms with Gasteiger partial charge in [-0.3, -0.25) is 14.3 Å². The number of aromatic nitrogens is 2. The molecule has 0 radical (unpaired) electrons. The van der Waals surface area contributed by atoms with Gasteiger partial charge in [0.2, 0.25) is 0 Å².